The third-order valence-corrected chi connectivity index (χ3v) is 4.59. The van der Waals surface area contributed by atoms with Crippen molar-refractivity contribution in [3.8, 4) is 0 Å². The number of halogens is 1. The first-order chi connectivity index (χ1) is 9.50. The van der Waals surface area contributed by atoms with Gasteiger partial charge in [-0.25, -0.2) is 0 Å². The number of nitrogens with two attached hydrogens (primary N) is 1. The Morgan fingerprint density at radius 2 is 1.86 bits per heavy atom. The fraction of sp³-hybridized carbons (Fsp3) is 0.588. The van der Waals surface area contributed by atoms with Crippen molar-refractivity contribution in [2.24, 2.45) is 23.5 Å². The Balaban J connectivity index is 0.00000220. The van der Waals surface area contributed by atoms with Crippen LogP contribution in [0.25, 0.3) is 0 Å². The number of benzene rings is 1. The highest BCUT2D eigenvalue weighted by Crippen LogP contribution is 2.27. The molecular weight excluding hydrogens is 284 g/mol. The van der Waals surface area contributed by atoms with Crippen LogP contribution in [0.3, 0.4) is 0 Å². The molecule has 4 heteroatoms. The van der Waals surface area contributed by atoms with Crippen LogP contribution in [-0.2, 0) is 4.79 Å². The lowest BCUT2D eigenvalue weighted by Gasteiger charge is -2.25. The highest BCUT2D eigenvalue weighted by Gasteiger charge is 2.32. The number of rotatable bonds is 4. The van der Waals surface area contributed by atoms with E-state index in [1.54, 1.807) is 0 Å². The zero-order valence-corrected chi connectivity index (χ0v) is 14.0. The lowest BCUT2D eigenvalue weighted by atomic mass is 9.94. The van der Waals surface area contributed by atoms with Crippen molar-refractivity contribution < 1.29 is 4.79 Å². The predicted octanol–water partition coefficient (Wildman–Crippen LogP) is 3.25. The first-order valence-corrected chi connectivity index (χ1v) is 7.60. The van der Waals surface area contributed by atoms with E-state index in [-0.39, 0.29) is 30.3 Å². The van der Waals surface area contributed by atoms with Gasteiger partial charge in [0, 0.05) is 19.1 Å². The van der Waals surface area contributed by atoms with Crippen LogP contribution in [0.5, 0.6) is 0 Å². The summed E-state index contributed by atoms with van der Waals surface area (Å²) in [5.74, 6) is 1.32. The van der Waals surface area contributed by atoms with Gasteiger partial charge < -0.3 is 10.6 Å². The van der Waals surface area contributed by atoms with Crippen LogP contribution in [-0.4, -0.2) is 23.9 Å². The van der Waals surface area contributed by atoms with Crippen LogP contribution in [0.2, 0.25) is 0 Å². The molecule has 21 heavy (non-hydrogen) atoms. The normalized spacial score (nSPS) is 21.0. The van der Waals surface area contributed by atoms with Gasteiger partial charge in [-0.05, 0) is 23.8 Å². The van der Waals surface area contributed by atoms with Crippen molar-refractivity contribution in [2.45, 2.75) is 33.2 Å². The minimum Gasteiger partial charge on any atom is -0.342 e. The summed E-state index contributed by atoms with van der Waals surface area (Å²) in [5, 5.41) is 0. The molecule has 0 radical (unpaired) electrons. The average Bonchev–Trinajstić information content (AvgIpc) is 2.96. The number of likely N-dealkylation sites (tertiary alicyclic amines) is 1. The van der Waals surface area contributed by atoms with Crippen LogP contribution < -0.4 is 5.73 Å². The smallest absolute Gasteiger partial charge is 0.227 e. The number of amides is 1. The first-order valence-electron chi connectivity index (χ1n) is 7.60. The van der Waals surface area contributed by atoms with Gasteiger partial charge in [0.05, 0.1) is 5.92 Å². The molecule has 2 rings (SSSR count). The fourth-order valence-corrected chi connectivity index (χ4v) is 2.94. The summed E-state index contributed by atoms with van der Waals surface area (Å²) in [6, 6.07) is 9.68. The Labute approximate surface area is 134 Å². The molecule has 0 aromatic heterocycles. The Morgan fingerprint density at radius 1 is 1.24 bits per heavy atom. The molecule has 0 aliphatic carbocycles. The predicted molar refractivity (Wildman–Crippen MR) is 89.3 cm³/mol. The van der Waals surface area contributed by atoms with Crippen molar-refractivity contribution in [2.75, 3.05) is 13.1 Å². The molecule has 0 spiro atoms. The maximum absolute atomic E-state index is 12.6. The molecule has 2 N–H and O–H groups in total. The zero-order valence-electron chi connectivity index (χ0n) is 13.2. The SMILES string of the molecule is CC(C)C1CCN(C(=O)C(C)C(N)c2ccccc2)C1.Cl. The Bertz CT molecular complexity index is 449. The zero-order chi connectivity index (χ0) is 14.7. The van der Waals surface area contributed by atoms with Crippen molar-refractivity contribution in [1.29, 1.82) is 0 Å². The third-order valence-electron chi connectivity index (χ3n) is 4.59. The molecule has 1 fully saturated rings. The molecule has 1 amide bonds. The Hall–Kier alpha value is -1.06. The molecule has 3 nitrogen and oxygen atoms in total. The largest absolute Gasteiger partial charge is 0.342 e. The maximum Gasteiger partial charge on any atom is 0.227 e. The van der Waals surface area contributed by atoms with E-state index in [0.717, 1.165) is 25.1 Å². The van der Waals surface area contributed by atoms with E-state index in [1.807, 2.05) is 42.2 Å². The minimum absolute atomic E-state index is 0. The average molecular weight is 311 g/mol. The number of hydrogen-bond acceptors (Lipinski definition) is 2. The van der Waals surface area contributed by atoms with Crippen LogP contribution in [0.1, 0.15) is 38.8 Å². The summed E-state index contributed by atoms with van der Waals surface area (Å²) in [6.07, 6.45) is 1.12. The van der Waals surface area contributed by atoms with Crippen LogP contribution in [0.4, 0.5) is 0 Å². The van der Waals surface area contributed by atoms with Gasteiger partial charge in [0.1, 0.15) is 0 Å². The molecule has 3 atom stereocenters. The van der Waals surface area contributed by atoms with Gasteiger partial charge in [0.15, 0.2) is 0 Å². The molecule has 0 saturated carbocycles. The Morgan fingerprint density at radius 3 is 2.38 bits per heavy atom. The van der Waals surface area contributed by atoms with Crippen LogP contribution in [0.15, 0.2) is 30.3 Å². The Kier molecular flexibility index (Phi) is 6.69. The highest BCUT2D eigenvalue weighted by molar-refractivity contribution is 5.85. The van der Waals surface area contributed by atoms with E-state index in [2.05, 4.69) is 13.8 Å². The number of hydrogen-bond donors (Lipinski definition) is 1. The second-order valence-corrected chi connectivity index (χ2v) is 6.30. The summed E-state index contributed by atoms with van der Waals surface area (Å²) in [6.45, 7) is 8.19. The number of carbonyl (C=O) groups is 1. The topological polar surface area (TPSA) is 46.3 Å². The molecule has 3 unspecified atom stereocenters. The summed E-state index contributed by atoms with van der Waals surface area (Å²) >= 11 is 0. The van der Waals surface area contributed by atoms with Gasteiger partial charge in [-0.1, -0.05) is 51.1 Å². The summed E-state index contributed by atoms with van der Waals surface area (Å²) < 4.78 is 0. The molecule has 1 aliphatic rings. The highest BCUT2D eigenvalue weighted by atomic mass is 35.5. The van der Waals surface area contributed by atoms with Crippen molar-refractivity contribution in [3.05, 3.63) is 35.9 Å². The molecule has 1 aliphatic heterocycles. The fourth-order valence-electron chi connectivity index (χ4n) is 2.94. The minimum atomic E-state index is -0.221. The quantitative estimate of drug-likeness (QED) is 0.928. The van der Waals surface area contributed by atoms with Gasteiger partial charge in [-0.3, -0.25) is 4.79 Å². The van der Waals surface area contributed by atoms with E-state index in [1.165, 1.54) is 0 Å². The molecule has 1 heterocycles. The van der Waals surface area contributed by atoms with Gasteiger partial charge in [-0.2, -0.15) is 0 Å². The van der Waals surface area contributed by atoms with Crippen LogP contribution >= 0.6 is 12.4 Å². The molecule has 1 aromatic rings. The van der Waals surface area contributed by atoms with E-state index in [0.29, 0.717) is 11.8 Å². The number of nitrogens with zero attached hydrogens (tertiary/aromatic N) is 1. The monoisotopic (exact) mass is 310 g/mol. The lowest BCUT2D eigenvalue weighted by molar-refractivity contribution is -0.134. The lowest BCUT2D eigenvalue weighted by Crippen LogP contribution is -2.38. The molecule has 1 saturated heterocycles. The second-order valence-electron chi connectivity index (χ2n) is 6.30. The molecular formula is C17H27ClN2O. The molecule has 0 bridgehead atoms. The van der Waals surface area contributed by atoms with Gasteiger partial charge in [0.2, 0.25) is 5.91 Å². The number of carbonyl (C=O) groups excluding carboxylic acids is 1. The van der Waals surface area contributed by atoms with Crippen molar-refractivity contribution in [3.63, 3.8) is 0 Å². The maximum atomic E-state index is 12.6. The van der Waals surface area contributed by atoms with E-state index in [9.17, 15) is 4.79 Å². The van der Waals surface area contributed by atoms with E-state index in [4.69, 9.17) is 5.73 Å². The summed E-state index contributed by atoms with van der Waals surface area (Å²) in [7, 11) is 0. The van der Waals surface area contributed by atoms with E-state index < -0.39 is 0 Å². The molecule has 118 valence electrons. The summed E-state index contributed by atoms with van der Waals surface area (Å²) in [5.41, 5.74) is 7.29. The van der Waals surface area contributed by atoms with Crippen molar-refractivity contribution >= 4 is 18.3 Å². The third kappa shape index (κ3) is 4.21. The van der Waals surface area contributed by atoms with E-state index >= 15 is 0 Å². The standard InChI is InChI=1S/C17H26N2O.ClH/c1-12(2)15-9-10-19(11-15)17(20)13(3)16(18)14-7-5-4-6-8-14;/h4-8,12-13,15-16H,9-11,18H2,1-3H3;1H. The summed E-state index contributed by atoms with van der Waals surface area (Å²) in [4.78, 5) is 14.6. The van der Waals surface area contributed by atoms with Gasteiger partial charge >= 0.3 is 0 Å². The first kappa shape index (κ1) is 18.0. The van der Waals surface area contributed by atoms with Crippen molar-refractivity contribution in [1.82, 2.24) is 4.90 Å². The van der Waals surface area contributed by atoms with Crippen LogP contribution in [0, 0.1) is 17.8 Å². The van der Waals surface area contributed by atoms with Gasteiger partial charge in [0.25, 0.3) is 0 Å². The second kappa shape index (κ2) is 7.81. The molecule has 1 aromatic carbocycles. The van der Waals surface area contributed by atoms with Gasteiger partial charge in [-0.15, -0.1) is 12.4 Å².